The van der Waals surface area contributed by atoms with E-state index in [1.54, 1.807) is 0 Å². The highest BCUT2D eigenvalue weighted by atomic mass is 16.1. The van der Waals surface area contributed by atoms with Gasteiger partial charge < -0.3 is 9.72 Å². The lowest BCUT2D eigenvalue weighted by molar-refractivity contribution is 0.0952. The molecule has 1 aromatic carbocycles. The molecule has 5 nitrogen and oxygen atoms in total. The van der Waals surface area contributed by atoms with Crippen LogP contribution in [0, 0.1) is 0 Å². The third-order valence-corrected chi connectivity index (χ3v) is 4.62. The highest BCUT2D eigenvalue weighted by molar-refractivity contribution is 6.02. The van der Waals surface area contributed by atoms with Crippen molar-refractivity contribution < 1.29 is 4.79 Å². The number of amides is 1. The second-order valence-electron chi connectivity index (χ2n) is 6.84. The zero-order valence-electron chi connectivity index (χ0n) is 15.5. The number of rotatable bonds is 5. The molecule has 0 saturated carbocycles. The van der Waals surface area contributed by atoms with Crippen LogP contribution in [-0.2, 0) is 6.54 Å². The first kappa shape index (κ1) is 17.1. The van der Waals surface area contributed by atoms with Gasteiger partial charge in [0.1, 0.15) is 5.69 Å². The minimum atomic E-state index is -0.0860. The van der Waals surface area contributed by atoms with Gasteiger partial charge in [-0.15, -0.1) is 0 Å². The van der Waals surface area contributed by atoms with Crippen LogP contribution >= 0.6 is 0 Å². The molecule has 0 unspecified atom stereocenters. The molecular weight excluding hydrogens is 336 g/mol. The monoisotopic (exact) mass is 358 g/mol. The van der Waals surface area contributed by atoms with E-state index in [2.05, 4.69) is 24.3 Å². The zero-order valence-corrected chi connectivity index (χ0v) is 15.5. The number of hydrogen-bond acceptors (Lipinski definition) is 2. The van der Waals surface area contributed by atoms with Crippen molar-refractivity contribution >= 4 is 11.4 Å². The highest BCUT2D eigenvalue weighted by Crippen LogP contribution is 2.25. The summed E-state index contributed by atoms with van der Waals surface area (Å²) in [6.45, 7) is 4.69. The molecule has 0 atom stereocenters. The van der Waals surface area contributed by atoms with Crippen molar-refractivity contribution in [1.82, 2.24) is 19.5 Å². The van der Waals surface area contributed by atoms with Crippen molar-refractivity contribution in [3.63, 3.8) is 0 Å². The summed E-state index contributed by atoms with van der Waals surface area (Å²) in [5.41, 5.74) is 4.37. The van der Waals surface area contributed by atoms with Crippen molar-refractivity contribution in [3.05, 3.63) is 84.2 Å². The number of carbonyl (C=O) groups is 1. The fraction of sp³-hybridized carbons (Fsp3) is 0.182. The van der Waals surface area contributed by atoms with Gasteiger partial charge in [0, 0.05) is 25.0 Å². The van der Waals surface area contributed by atoms with E-state index in [1.807, 2.05) is 82.1 Å². The normalized spacial score (nSPS) is 11.2. The molecule has 3 aromatic heterocycles. The smallest absolute Gasteiger partial charge is 0.253 e. The maximum absolute atomic E-state index is 12.8. The Hall–Kier alpha value is -3.34. The van der Waals surface area contributed by atoms with Crippen molar-refractivity contribution in [2.45, 2.75) is 26.4 Å². The minimum Gasteiger partial charge on any atom is -0.348 e. The van der Waals surface area contributed by atoms with Gasteiger partial charge in [-0.3, -0.25) is 9.48 Å². The molecule has 0 radical (unpaired) electrons. The summed E-state index contributed by atoms with van der Waals surface area (Å²) >= 11 is 0. The molecule has 4 rings (SSSR count). The first-order valence-electron chi connectivity index (χ1n) is 9.11. The van der Waals surface area contributed by atoms with E-state index in [1.165, 1.54) is 0 Å². The van der Waals surface area contributed by atoms with E-state index in [0.29, 0.717) is 18.2 Å². The third kappa shape index (κ3) is 3.36. The van der Waals surface area contributed by atoms with Gasteiger partial charge in [-0.2, -0.15) is 5.10 Å². The summed E-state index contributed by atoms with van der Waals surface area (Å²) < 4.78 is 3.94. The lowest BCUT2D eigenvalue weighted by atomic mass is 10.2. The van der Waals surface area contributed by atoms with E-state index in [4.69, 9.17) is 0 Å². The van der Waals surface area contributed by atoms with Gasteiger partial charge in [-0.05, 0) is 43.7 Å². The van der Waals surface area contributed by atoms with Crippen LogP contribution in [0.1, 0.15) is 35.8 Å². The molecule has 0 fully saturated rings. The van der Waals surface area contributed by atoms with Crippen LogP contribution in [0.4, 0.5) is 0 Å². The Morgan fingerprint density at radius 1 is 1.04 bits per heavy atom. The van der Waals surface area contributed by atoms with Crippen LogP contribution in [-0.4, -0.2) is 20.1 Å². The van der Waals surface area contributed by atoms with E-state index >= 15 is 0 Å². The van der Waals surface area contributed by atoms with E-state index in [-0.39, 0.29) is 5.91 Å². The van der Waals surface area contributed by atoms with Crippen molar-refractivity contribution in [2.24, 2.45) is 0 Å². The second-order valence-corrected chi connectivity index (χ2v) is 6.84. The number of pyridine rings is 1. The second kappa shape index (κ2) is 7.11. The predicted molar refractivity (Wildman–Crippen MR) is 107 cm³/mol. The summed E-state index contributed by atoms with van der Waals surface area (Å²) in [7, 11) is 0. The summed E-state index contributed by atoms with van der Waals surface area (Å²) in [6, 6.07) is 20.0. The third-order valence-electron chi connectivity index (χ3n) is 4.62. The largest absolute Gasteiger partial charge is 0.348 e. The van der Waals surface area contributed by atoms with Gasteiger partial charge in [0.2, 0.25) is 0 Å². The minimum absolute atomic E-state index is 0.0860. The Labute approximate surface area is 158 Å². The van der Waals surface area contributed by atoms with Crippen molar-refractivity contribution in [2.75, 3.05) is 0 Å². The van der Waals surface area contributed by atoms with Gasteiger partial charge in [0.05, 0.1) is 16.8 Å². The van der Waals surface area contributed by atoms with Crippen molar-refractivity contribution in [1.29, 1.82) is 0 Å². The van der Waals surface area contributed by atoms with Crippen LogP contribution in [0.25, 0.3) is 16.9 Å². The molecule has 5 heteroatoms. The highest BCUT2D eigenvalue weighted by Gasteiger charge is 2.17. The molecule has 0 aliphatic carbocycles. The molecule has 136 valence electrons. The van der Waals surface area contributed by atoms with E-state index in [0.717, 1.165) is 22.5 Å². The molecule has 27 heavy (non-hydrogen) atoms. The molecule has 0 bridgehead atoms. The number of fused-ring (bicyclic) bond motifs is 1. The Morgan fingerprint density at radius 2 is 1.81 bits per heavy atom. The SMILES string of the molecule is CC(C)n1ccc(-c2cc(C(=O)NCc3ccccc3)c3ccccn23)n1. The number of nitrogens with one attached hydrogen (secondary N) is 1. The topological polar surface area (TPSA) is 51.3 Å². The summed E-state index contributed by atoms with van der Waals surface area (Å²) in [6.07, 6.45) is 3.94. The van der Waals surface area contributed by atoms with Crippen LogP contribution in [0.2, 0.25) is 0 Å². The average molecular weight is 358 g/mol. The quantitative estimate of drug-likeness (QED) is 0.578. The molecule has 0 spiro atoms. The van der Waals surface area contributed by atoms with Crippen LogP contribution in [0.5, 0.6) is 0 Å². The Morgan fingerprint density at radius 3 is 2.56 bits per heavy atom. The molecule has 4 aromatic rings. The van der Waals surface area contributed by atoms with Gasteiger partial charge in [-0.1, -0.05) is 36.4 Å². The molecule has 3 heterocycles. The van der Waals surface area contributed by atoms with Gasteiger partial charge in [0.25, 0.3) is 5.91 Å². The van der Waals surface area contributed by atoms with Crippen LogP contribution in [0.15, 0.2) is 73.1 Å². The number of nitrogens with zero attached hydrogens (tertiary/aromatic N) is 3. The maximum atomic E-state index is 12.8. The summed E-state index contributed by atoms with van der Waals surface area (Å²) in [5.74, 6) is -0.0860. The number of hydrogen-bond donors (Lipinski definition) is 1. The fourth-order valence-electron chi connectivity index (χ4n) is 3.17. The van der Waals surface area contributed by atoms with Gasteiger partial charge in [-0.25, -0.2) is 0 Å². The fourth-order valence-corrected chi connectivity index (χ4v) is 3.17. The van der Waals surface area contributed by atoms with Gasteiger partial charge in [0.15, 0.2) is 0 Å². The van der Waals surface area contributed by atoms with E-state index in [9.17, 15) is 4.79 Å². The maximum Gasteiger partial charge on any atom is 0.253 e. The number of carbonyl (C=O) groups excluding carboxylic acids is 1. The molecule has 1 amide bonds. The summed E-state index contributed by atoms with van der Waals surface area (Å²) in [4.78, 5) is 12.8. The first-order valence-corrected chi connectivity index (χ1v) is 9.11. The number of benzene rings is 1. The molecule has 0 aliphatic heterocycles. The standard InChI is InChI=1S/C22H22N4O/c1-16(2)26-13-11-19(24-26)21-14-18(20-10-6-7-12-25(20)21)22(27)23-15-17-8-4-3-5-9-17/h3-14,16H,15H2,1-2H3,(H,23,27). The zero-order chi connectivity index (χ0) is 18.8. The molecule has 1 N–H and O–H groups in total. The Kier molecular flexibility index (Phi) is 4.50. The lowest BCUT2D eigenvalue weighted by Gasteiger charge is -2.04. The van der Waals surface area contributed by atoms with E-state index < -0.39 is 0 Å². The molecule has 0 saturated heterocycles. The van der Waals surface area contributed by atoms with Crippen LogP contribution in [0.3, 0.4) is 0 Å². The first-order chi connectivity index (χ1) is 13.1. The van der Waals surface area contributed by atoms with Crippen LogP contribution < -0.4 is 5.32 Å². The Balaban J connectivity index is 1.68. The van der Waals surface area contributed by atoms with Gasteiger partial charge >= 0.3 is 0 Å². The number of aromatic nitrogens is 3. The Bertz CT molecular complexity index is 1080. The molecule has 0 aliphatic rings. The average Bonchev–Trinajstić information content (AvgIpc) is 3.32. The van der Waals surface area contributed by atoms with Crippen molar-refractivity contribution in [3.8, 4) is 11.4 Å². The lowest BCUT2D eigenvalue weighted by Crippen LogP contribution is -2.22. The summed E-state index contributed by atoms with van der Waals surface area (Å²) in [5, 5.41) is 7.68. The molecular formula is C22H22N4O. The predicted octanol–water partition coefficient (Wildman–Crippen LogP) is 4.31.